The van der Waals surface area contributed by atoms with Crippen LogP contribution in [0.25, 0.3) is 0 Å². The van der Waals surface area contributed by atoms with Crippen LogP contribution in [0.2, 0.25) is 0 Å². The van der Waals surface area contributed by atoms with E-state index in [1.54, 1.807) is 21.3 Å². The zero-order chi connectivity index (χ0) is 25.1. The number of rotatable bonds is 6. The van der Waals surface area contributed by atoms with Crippen molar-refractivity contribution < 1.29 is 39.1 Å². The zero-order valence-corrected chi connectivity index (χ0v) is 21.5. The molecule has 6 rings (SSSR count). The van der Waals surface area contributed by atoms with Gasteiger partial charge in [-0.2, -0.15) is 0 Å². The zero-order valence-electron chi connectivity index (χ0n) is 21.5. The Morgan fingerprint density at radius 1 is 1.06 bits per heavy atom. The normalized spacial score (nSPS) is 57.9. The fourth-order valence-corrected chi connectivity index (χ4v) is 11.0. The Hall–Kier alpha value is -0.810. The molecule has 9 nitrogen and oxygen atoms in total. The van der Waals surface area contributed by atoms with Crippen LogP contribution in [0.5, 0.6) is 0 Å². The molecule has 0 aromatic carbocycles. The smallest absolute Gasteiger partial charge is 0.303 e. The molecule has 6 fully saturated rings. The van der Waals surface area contributed by atoms with Crippen molar-refractivity contribution in [3.63, 3.8) is 0 Å². The number of carbonyl (C=O) groups is 1. The SMILES string of the molecule is CCN1CC2(COC)C(O)CC(OC)C34C5CC6(O)C(OC)CC(OC(C)=O)(C(CC23)C14)C5C6O. The molecule has 0 aromatic heterocycles. The summed E-state index contributed by atoms with van der Waals surface area (Å²) in [5.74, 6) is -0.964. The molecule has 1 heterocycles. The van der Waals surface area contributed by atoms with Crippen molar-refractivity contribution in [2.75, 3.05) is 41.0 Å². The van der Waals surface area contributed by atoms with Crippen molar-refractivity contribution in [3.8, 4) is 0 Å². The summed E-state index contributed by atoms with van der Waals surface area (Å²) < 4.78 is 24.2. The van der Waals surface area contributed by atoms with Crippen LogP contribution in [0.1, 0.15) is 39.5 Å². The quantitative estimate of drug-likeness (QED) is 0.444. The first-order chi connectivity index (χ1) is 16.6. The molecule has 1 aliphatic heterocycles. The number of aliphatic hydroxyl groups excluding tert-OH is 2. The first-order valence-corrected chi connectivity index (χ1v) is 13.2. The summed E-state index contributed by atoms with van der Waals surface area (Å²) in [5, 5.41) is 35.2. The number of aliphatic hydroxyl groups is 3. The van der Waals surface area contributed by atoms with Crippen LogP contribution in [0, 0.1) is 34.5 Å². The molecule has 35 heavy (non-hydrogen) atoms. The summed E-state index contributed by atoms with van der Waals surface area (Å²) in [6.45, 7) is 5.48. The Kier molecular flexibility index (Phi) is 5.34. The summed E-state index contributed by atoms with van der Waals surface area (Å²) in [7, 11) is 4.97. The van der Waals surface area contributed by atoms with Crippen molar-refractivity contribution in [1.82, 2.24) is 4.90 Å². The van der Waals surface area contributed by atoms with Crippen LogP contribution in [0.4, 0.5) is 0 Å². The highest BCUT2D eigenvalue weighted by Crippen LogP contribution is 2.80. The molecule has 1 spiro atoms. The lowest BCUT2D eigenvalue weighted by atomic mass is 9.42. The highest BCUT2D eigenvalue weighted by atomic mass is 16.6. The Balaban J connectivity index is 1.64. The van der Waals surface area contributed by atoms with E-state index >= 15 is 0 Å². The molecule has 0 amide bonds. The van der Waals surface area contributed by atoms with Gasteiger partial charge < -0.3 is 34.3 Å². The number of fused-ring (bicyclic) bond motifs is 2. The Morgan fingerprint density at radius 3 is 2.37 bits per heavy atom. The summed E-state index contributed by atoms with van der Waals surface area (Å²) in [4.78, 5) is 15.1. The molecule has 5 saturated carbocycles. The first-order valence-electron chi connectivity index (χ1n) is 13.2. The van der Waals surface area contributed by atoms with E-state index in [0.717, 1.165) is 13.0 Å². The van der Waals surface area contributed by atoms with Crippen molar-refractivity contribution >= 4 is 5.97 Å². The summed E-state index contributed by atoms with van der Waals surface area (Å²) in [6, 6.07) is 0.0469. The van der Waals surface area contributed by atoms with Gasteiger partial charge in [-0.25, -0.2) is 0 Å². The van der Waals surface area contributed by atoms with Gasteiger partial charge in [0, 0.05) is 76.3 Å². The molecule has 5 aliphatic carbocycles. The van der Waals surface area contributed by atoms with E-state index in [4.69, 9.17) is 18.9 Å². The minimum absolute atomic E-state index is 0.0469. The van der Waals surface area contributed by atoms with E-state index < -0.39 is 46.3 Å². The van der Waals surface area contributed by atoms with Crippen LogP contribution in [0.15, 0.2) is 0 Å². The van der Waals surface area contributed by atoms with Crippen LogP contribution in [-0.4, -0.2) is 109 Å². The lowest BCUT2D eigenvalue weighted by molar-refractivity contribution is -0.300. The number of methoxy groups -OCH3 is 3. The Bertz CT molecular complexity index is 903. The van der Waals surface area contributed by atoms with Crippen LogP contribution < -0.4 is 0 Å². The predicted molar refractivity (Wildman–Crippen MR) is 123 cm³/mol. The number of piperidine rings is 1. The van der Waals surface area contributed by atoms with Gasteiger partial charge in [0.1, 0.15) is 11.2 Å². The molecule has 198 valence electrons. The minimum Gasteiger partial charge on any atom is -0.458 e. The largest absolute Gasteiger partial charge is 0.458 e. The van der Waals surface area contributed by atoms with Gasteiger partial charge in [-0.3, -0.25) is 9.69 Å². The molecule has 13 unspecified atom stereocenters. The third kappa shape index (κ3) is 2.52. The van der Waals surface area contributed by atoms with Crippen LogP contribution in [0.3, 0.4) is 0 Å². The Morgan fingerprint density at radius 2 is 1.77 bits per heavy atom. The number of carbonyl (C=O) groups excluding carboxylic acids is 1. The van der Waals surface area contributed by atoms with E-state index in [2.05, 4.69) is 11.8 Å². The number of esters is 1. The van der Waals surface area contributed by atoms with Crippen LogP contribution in [-0.2, 0) is 23.7 Å². The number of hydrogen-bond acceptors (Lipinski definition) is 9. The molecular formula is C26H41NO8. The highest BCUT2D eigenvalue weighted by molar-refractivity contribution is 5.67. The van der Waals surface area contributed by atoms with Gasteiger partial charge in [0.05, 0.1) is 31.0 Å². The number of likely N-dealkylation sites (tertiary alicyclic amines) is 1. The molecular weight excluding hydrogens is 454 g/mol. The molecule has 0 radical (unpaired) electrons. The maximum absolute atomic E-state index is 12.6. The Labute approximate surface area is 207 Å². The summed E-state index contributed by atoms with van der Waals surface area (Å²) in [6.07, 6.45) is -0.588. The molecule has 13 atom stereocenters. The summed E-state index contributed by atoms with van der Waals surface area (Å²) >= 11 is 0. The topological polar surface area (TPSA) is 118 Å². The van der Waals surface area contributed by atoms with E-state index in [0.29, 0.717) is 32.4 Å². The maximum atomic E-state index is 12.6. The number of ether oxygens (including phenoxy) is 4. The van der Waals surface area contributed by atoms with Crippen molar-refractivity contribution in [3.05, 3.63) is 0 Å². The van der Waals surface area contributed by atoms with Gasteiger partial charge in [0.15, 0.2) is 0 Å². The average Bonchev–Trinajstić information content (AvgIpc) is 3.18. The maximum Gasteiger partial charge on any atom is 0.303 e. The predicted octanol–water partition coefficient (Wildman–Crippen LogP) is 0.188. The standard InChI is InChI=1S/C26H41NO8/c1-6-27-11-23(12-32-3)16-7-14-21(27)26(16,18(33-4)8-17(23)29)15-9-24(31)19(34-5)10-25(14,35-13(2)28)20(15)22(24)30/h14-22,29-31H,6-12H2,1-5H3. The van der Waals surface area contributed by atoms with Crippen molar-refractivity contribution in [2.24, 2.45) is 34.5 Å². The van der Waals surface area contributed by atoms with Gasteiger partial charge in [0.25, 0.3) is 0 Å². The molecule has 1 saturated heterocycles. The molecule has 0 aromatic rings. The second-order valence-corrected chi connectivity index (χ2v) is 12.3. The molecule has 6 aliphatic rings. The number of nitrogens with zero attached hydrogens (tertiary/aromatic N) is 1. The second kappa shape index (κ2) is 7.62. The second-order valence-electron chi connectivity index (χ2n) is 12.3. The lowest BCUT2D eigenvalue weighted by Gasteiger charge is -2.70. The molecule has 9 heteroatoms. The molecule has 3 N–H and O–H groups in total. The lowest BCUT2D eigenvalue weighted by Crippen LogP contribution is -2.79. The van der Waals surface area contributed by atoms with Crippen LogP contribution >= 0.6 is 0 Å². The summed E-state index contributed by atoms with van der Waals surface area (Å²) in [5.41, 5.74) is -3.27. The number of hydrogen-bond donors (Lipinski definition) is 3. The van der Waals surface area contributed by atoms with Gasteiger partial charge in [-0.15, -0.1) is 0 Å². The van der Waals surface area contributed by atoms with Gasteiger partial charge in [0.2, 0.25) is 0 Å². The fraction of sp³-hybridized carbons (Fsp3) is 0.962. The van der Waals surface area contributed by atoms with Gasteiger partial charge in [-0.1, -0.05) is 6.92 Å². The highest BCUT2D eigenvalue weighted by Gasteiger charge is 2.87. The van der Waals surface area contributed by atoms with E-state index in [9.17, 15) is 20.1 Å². The van der Waals surface area contributed by atoms with Crippen molar-refractivity contribution in [1.29, 1.82) is 0 Å². The van der Waals surface area contributed by atoms with Gasteiger partial charge in [-0.05, 0) is 31.2 Å². The molecule has 7 bridgehead atoms. The fourth-order valence-electron chi connectivity index (χ4n) is 11.0. The third-order valence-electron chi connectivity index (χ3n) is 11.7. The van der Waals surface area contributed by atoms with Crippen molar-refractivity contribution in [2.45, 2.75) is 81.2 Å². The van der Waals surface area contributed by atoms with E-state index in [-0.39, 0.29) is 35.9 Å². The monoisotopic (exact) mass is 495 g/mol. The average molecular weight is 496 g/mol. The third-order valence-corrected chi connectivity index (χ3v) is 11.7. The van der Waals surface area contributed by atoms with E-state index in [1.165, 1.54) is 6.92 Å². The van der Waals surface area contributed by atoms with Gasteiger partial charge >= 0.3 is 5.97 Å². The first kappa shape index (κ1) is 24.5. The van der Waals surface area contributed by atoms with E-state index in [1.807, 2.05) is 0 Å². The minimum atomic E-state index is -1.42.